The largest absolute Gasteiger partial charge is 0.309 e. The van der Waals surface area contributed by atoms with Crippen LogP contribution in [0.15, 0.2) is 170 Å². The summed E-state index contributed by atoms with van der Waals surface area (Å²) < 4.78 is 4.80. The summed E-state index contributed by atoms with van der Waals surface area (Å²) >= 11 is 1.82. The lowest BCUT2D eigenvalue weighted by Gasteiger charge is -2.12. The highest BCUT2D eigenvalue weighted by Crippen LogP contribution is 2.42. The molecule has 0 saturated heterocycles. The Hall–Kier alpha value is -6.69. The molecule has 3 heterocycles. The Morgan fingerprint density at radius 1 is 0.385 bits per heavy atom. The maximum Gasteiger partial charge on any atom is 0.164 e. The van der Waals surface area contributed by atoms with Gasteiger partial charge in [0, 0.05) is 53.3 Å². The van der Waals surface area contributed by atoms with Gasteiger partial charge in [0.2, 0.25) is 0 Å². The number of aromatic nitrogens is 4. The molecule has 0 N–H and O–H groups in total. The van der Waals surface area contributed by atoms with Crippen molar-refractivity contribution in [2.45, 2.75) is 0 Å². The normalized spacial score (nSPS) is 11.8. The topological polar surface area (TPSA) is 43.6 Å². The quantitative estimate of drug-likeness (QED) is 0.174. The van der Waals surface area contributed by atoms with Gasteiger partial charge in [0.05, 0.1) is 11.0 Å². The van der Waals surface area contributed by atoms with Crippen LogP contribution in [0.25, 0.3) is 103 Å². The molecule has 8 aromatic carbocycles. The van der Waals surface area contributed by atoms with E-state index in [2.05, 4.69) is 156 Å². The Morgan fingerprint density at radius 3 is 1.83 bits per heavy atom. The van der Waals surface area contributed by atoms with E-state index in [9.17, 15) is 0 Å². The molecule has 0 aliphatic rings. The number of thiophene rings is 1. The third kappa shape index (κ3) is 4.50. The van der Waals surface area contributed by atoms with E-state index >= 15 is 0 Å². The first-order chi connectivity index (χ1) is 25.8. The van der Waals surface area contributed by atoms with Gasteiger partial charge in [-0.25, -0.2) is 15.0 Å². The highest BCUT2D eigenvalue weighted by molar-refractivity contribution is 7.26. The number of nitrogens with zero attached hydrogens (tertiary/aromatic N) is 4. The van der Waals surface area contributed by atoms with Gasteiger partial charge in [-0.1, -0.05) is 127 Å². The van der Waals surface area contributed by atoms with Gasteiger partial charge in [0.25, 0.3) is 0 Å². The molecule has 0 bridgehead atoms. The smallest absolute Gasteiger partial charge is 0.164 e. The van der Waals surface area contributed by atoms with Gasteiger partial charge in [-0.15, -0.1) is 11.3 Å². The lowest BCUT2D eigenvalue weighted by Crippen LogP contribution is -2.01. The Morgan fingerprint density at radius 2 is 1.02 bits per heavy atom. The second kappa shape index (κ2) is 11.4. The Balaban J connectivity index is 1.15. The van der Waals surface area contributed by atoms with Crippen LogP contribution in [-0.2, 0) is 0 Å². The predicted octanol–water partition coefficient (Wildman–Crippen LogP) is 12.6. The SMILES string of the molecule is c1ccc(-c2nc(-c3cccc(-n4c5ccccc5c5ccccc54)c3)nc(-c3cccc4sc5cc6ccc7ccccc7c6cc5c34)n2)cc1. The Bertz CT molecular complexity index is 3140. The molecular weight excluding hydrogens is 653 g/mol. The number of rotatable bonds is 4. The Kier molecular flexibility index (Phi) is 6.39. The van der Waals surface area contributed by atoms with E-state index < -0.39 is 0 Å². The van der Waals surface area contributed by atoms with E-state index in [0.29, 0.717) is 17.5 Å². The predicted molar refractivity (Wildman–Crippen MR) is 218 cm³/mol. The molecule has 0 amide bonds. The molecule has 11 aromatic rings. The Labute approximate surface area is 302 Å². The van der Waals surface area contributed by atoms with Crippen LogP contribution < -0.4 is 0 Å². The molecule has 4 nitrogen and oxygen atoms in total. The fourth-order valence-corrected chi connectivity index (χ4v) is 9.00. The van der Waals surface area contributed by atoms with Crippen molar-refractivity contribution in [1.29, 1.82) is 0 Å². The molecule has 0 aliphatic heterocycles. The summed E-state index contributed by atoms with van der Waals surface area (Å²) in [5.74, 6) is 1.95. The highest BCUT2D eigenvalue weighted by atomic mass is 32.1. The number of benzene rings is 8. The maximum absolute atomic E-state index is 5.27. The van der Waals surface area contributed by atoms with E-state index in [0.717, 1.165) is 22.4 Å². The van der Waals surface area contributed by atoms with Crippen LogP contribution in [0.1, 0.15) is 0 Å². The number of fused-ring (bicyclic) bond motifs is 9. The van der Waals surface area contributed by atoms with Crippen molar-refractivity contribution in [1.82, 2.24) is 19.5 Å². The first kappa shape index (κ1) is 29.1. The second-order valence-electron chi connectivity index (χ2n) is 13.2. The van der Waals surface area contributed by atoms with Crippen LogP contribution in [0.4, 0.5) is 0 Å². The molecule has 0 spiro atoms. The van der Waals surface area contributed by atoms with Crippen molar-refractivity contribution < 1.29 is 0 Å². The molecule has 0 aliphatic carbocycles. The van der Waals surface area contributed by atoms with E-state index in [1.54, 1.807) is 0 Å². The van der Waals surface area contributed by atoms with Gasteiger partial charge in [-0.2, -0.15) is 0 Å². The van der Waals surface area contributed by atoms with E-state index in [1.807, 2.05) is 29.5 Å². The summed E-state index contributed by atoms with van der Waals surface area (Å²) in [6.45, 7) is 0. The summed E-state index contributed by atoms with van der Waals surface area (Å²) in [7, 11) is 0. The van der Waals surface area contributed by atoms with Gasteiger partial charge in [0.1, 0.15) is 0 Å². The molecular formula is C47H28N4S. The summed E-state index contributed by atoms with van der Waals surface area (Å²) in [6.07, 6.45) is 0. The van der Waals surface area contributed by atoms with Crippen LogP contribution >= 0.6 is 11.3 Å². The highest BCUT2D eigenvalue weighted by Gasteiger charge is 2.19. The zero-order valence-corrected chi connectivity index (χ0v) is 28.7. The van der Waals surface area contributed by atoms with Gasteiger partial charge in [0.15, 0.2) is 17.5 Å². The van der Waals surface area contributed by atoms with Crippen molar-refractivity contribution in [2.24, 2.45) is 0 Å². The third-order valence-electron chi connectivity index (χ3n) is 10.2. The molecule has 3 aromatic heterocycles. The maximum atomic E-state index is 5.27. The zero-order chi connectivity index (χ0) is 34.2. The molecule has 0 radical (unpaired) electrons. The monoisotopic (exact) mass is 680 g/mol. The molecule has 242 valence electrons. The minimum absolute atomic E-state index is 0.638. The zero-order valence-electron chi connectivity index (χ0n) is 27.9. The summed E-state index contributed by atoms with van der Waals surface area (Å²) in [5.41, 5.74) is 6.27. The summed E-state index contributed by atoms with van der Waals surface area (Å²) in [5, 5.41) is 9.86. The molecule has 5 heteroatoms. The average molecular weight is 681 g/mol. The minimum atomic E-state index is 0.638. The average Bonchev–Trinajstić information content (AvgIpc) is 3.75. The van der Waals surface area contributed by atoms with E-state index in [4.69, 9.17) is 15.0 Å². The fraction of sp³-hybridized carbons (Fsp3) is 0. The molecule has 0 unspecified atom stereocenters. The molecule has 52 heavy (non-hydrogen) atoms. The van der Waals surface area contributed by atoms with Crippen molar-refractivity contribution in [3.8, 4) is 39.9 Å². The lowest BCUT2D eigenvalue weighted by atomic mass is 9.98. The van der Waals surface area contributed by atoms with Crippen LogP contribution in [0.3, 0.4) is 0 Å². The molecule has 0 saturated carbocycles. The van der Waals surface area contributed by atoms with Crippen LogP contribution in [0.5, 0.6) is 0 Å². The number of para-hydroxylation sites is 2. The first-order valence-corrected chi connectivity index (χ1v) is 18.3. The van der Waals surface area contributed by atoms with Gasteiger partial charge in [-0.3, -0.25) is 0 Å². The summed E-state index contributed by atoms with van der Waals surface area (Å²) in [4.78, 5) is 15.6. The van der Waals surface area contributed by atoms with E-state index in [1.165, 1.54) is 63.5 Å². The van der Waals surface area contributed by atoms with Crippen LogP contribution in [0, 0.1) is 0 Å². The van der Waals surface area contributed by atoms with E-state index in [-0.39, 0.29) is 0 Å². The van der Waals surface area contributed by atoms with Crippen LogP contribution in [0.2, 0.25) is 0 Å². The fourth-order valence-electron chi connectivity index (χ4n) is 7.84. The van der Waals surface area contributed by atoms with Crippen molar-refractivity contribution in [3.63, 3.8) is 0 Å². The first-order valence-electron chi connectivity index (χ1n) is 17.4. The van der Waals surface area contributed by atoms with Crippen molar-refractivity contribution >= 4 is 74.9 Å². The second-order valence-corrected chi connectivity index (χ2v) is 14.3. The molecule has 0 atom stereocenters. The van der Waals surface area contributed by atoms with Gasteiger partial charge < -0.3 is 4.57 Å². The number of hydrogen-bond donors (Lipinski definition) is 0. The van der Waals surface area contributed by atoms with Crippen molar-refractivity contribution in [3.05, 3.63) is 170 Å². The summed E-state index contributed by atoms with van der Waals surface area (Å²) in [6, 6.07) is 60.2. The van der Waals surface area contributed by atoms with Gasteiger partial charge >= 0.3 is 0 Å². The van der Waals surface area contributed by atoms with Crippen molar-refractivity contribution in [2.75, 3.05) is 0 Å². The van der Waals surface area contributed by atoms with Gasteiger partial charge in [-0.05, 0) is 64.0 Å². The minimum Gasteiger partial charge on any atom is -0.309 e. The standard InChI is InChI=1S/C47H28N4S/c1-2-13-30(14-3-1)45-48-46(32-15-10-16-33(26-32)51-40-21-8-6-18-35(40)36-19-7-9-22-41(36)51)50-47(49-45)37-20-11-23-42-44(37)39-28-38-31(27-43(39)52-42)25-24-29-12-4-5-17-34(29)38/h1-28H. The lowest BCUT2D eigenvalue weighted by molar-refractivity contribution is 1.07. The number of hydrogen-bond acceptors (Lipinski definition) is 4. The van der Waals surface area contributed by atoms with Crippen LogP contribution in [-0.4, -0.2) is 19.5 Å². The molecule has 11 rings (SSSR count). The third-order valence-corrected chi connectivity index (χ3v) is 11.3. The molecule has 0 fully saturated rings.